The molecule has 28 heavy (non-hydrogen) atoms. The van der Waals surface area contributed by atoms with E-state index in [0.717, 1.165) is 12.8 Å². The van der Waals surface area contributed by atoms with Gasteiger partial charge in [-0.05, 0) is 6.42 Å². The van der Waals surface area contributed by atoms with Gasteiger partial charge in [-0.15, -0.1) is 0 Å². The Kier molecular flexibility index (Phi) is 71.5. The van der Waals surface area contributed by atoms with Gasteiger partial charge in [-0.3, -0.25) is 4.18 Å². The van der Waals surface area contributed by atoms with Crippen LogP contribution in [-0.4, -0.2) is 44.2 Å². The van der Waals surface area contributed by atoms with Gasteiger partial charge in [0.25, 0.3) is 0 Å². The van der Waals surface area contributed by atoms with E-state index >= 15 is 0 Å². The topological polar surface area (TPSA) is 170 Å². The van der Waals surface area contributed by atoms with Crippen molar-refractivity contribution in [3.05, 3.63) is 0 Å². The second-order valence-corrected chi connectivity index (χ2v) is 6.50. The van der Waals surface area contributed by atoms with Gasteiger partial charge in [0.05, 0.1) is 6.61 Å². The third-order valence-corrected chi connectivity index (χ3v) is 3.18. The zero-order valence-corrected chi connectivity index (χ0v) is 28.9. The van der Waals surface area contributed by atoms with Crippen LogP contribution in [0, 0.1) is 0 Å². The first-order valence-corrected chi connectivity index (χ1v) is 11.2. The van der Waals surface area contributed by atoms with E-state index in [1.165, 1.54) is 44.9 Å². The van der Waals surface area contributed by atoms with E-state index in [1.807, 2.05) is 0 Å². The van der Waals surface area contributed by atoms with Crippen molar-refractivity contribution in [3.8, 4) is 0 Å². The average Bonchev–Trinajstić information content (AvgIpc) is 2.44. The van der Waals surface area contributed by atoms with Crippen LogP contribution in [0.4, 0.5) is 0 Å². The van der Waals surface area contributed by atoms with Crippen LogP contribution in [0.2, 0.25) is 0 Å². The van der Waals surface area contributed by atoms with E-state index in [1.54, 1.807) is 0 Å². The van der Waals surface area contributed by atoms with Crippen LogP contribution in [0.1, 0.15) is 71.1 Å². The monoisotopic (exact) mass is 492 g/mol. The first-order chi connectivity index (χ1) is 11.2. The van der Waals surface area contributed by atoms with Gasteiger partial charge in [-0.25, -0.2) is 8.42 Å². The minimum atomic E-state index is -4.48. The molecule has 144 valence electrons. The number of hydrogen-bond acceptors (Lipinski definition) is 9. The molecule has 0 aliphatic heterocycles. The Morgan fingerprint density at radius 3 is 1.32 bits per heavy atom. The molecule has 0 rings (SSSR count). The van der Waals surface area contributed by atoms with Crippen molar-refractivity contribution in [3.63, 3.8) is 0 Å². The fourth-order valence-electron chi connectivity index (χ4n) is 1.75. The van der Waals surface area contributed by atoms with E-state index in [2.05, 4.69) is 11.1 Å². The molecule has 0 saturated carbocycles. The van der Waals surface area contributed by atoms with E-state index in [0.29, 0.717) is 6.42 Å². The zero-order valence-electron chi connectivity index (χ0n) is 17.9. The maximum absolute atomic E-state index is 10.1. The quantitative estimate of drug-likeness (QED) is 0.111. The molecule has 0 atom stereocenters. The van der Waals surface area contributed by atoms with E-state index in [4.69, 9.17) is 22.0 Å². The molecule has 0 aromatic carbocycles. The predicted octanol–water partition coefficient (Wildman–Crippen LogP) is -13.2. The van der Waals surface area contributed by atoms with Gasteiger partial charge < -0.3 is 18.6 Å². The SMILES string of the molecule is CCCCCCCCCCCCOS(=O)(=O)[O-].O=[Si]([O-])[O-].[Na+].[Na+].[Na+].[Na+].[O]=[Al][O-]. The van der Waals surface area contributed by atoms with Gasteiger partial charge >= 0.3 is 142 Å². The fraction of sp³-hybridized carbons (Fsp3) is 1.00. The molecule has 0 amide bonds. The molecule has 0 N–H and O–H groups in total. The summed E-state index contributed by atoms with van der Waals surface area (Å²) in [5.74, 6) is 0. The van der Waals surface area contributed by atoms with Crippen LogP contribution < -0.4 is 132 Å². The van der Waals surface area contributed by atoms with Crippen LogP contribution >= 0.6 is 0 Å². The summed E-state index contributed by atoms with van der Waals surface area (Å²) in [6.45, 7) is 2.24. The van der Waals surface area contributed by atoms with Crippen molar-refractivity contribution in [1.82, 2.24) is 0 Å². The van der Waals surface area contributed by atoms with Gasteiger partial charge in [0, 0.05) is 9.17 Å². The Bertz CT molecular complexity index is 391. The van der Waals surface area contributed by atoms with Gasteiger partial charge in [0.15, 0.2) is 0 Å². The molecular formula is C12H25AlNa4O9SSi. The molecule has 16 heteroatoms. The summed E-state index contributed by atoms with van der Waals surface area (Å²) >= 11 is -1.75. The predicted molar refractivity (Wildman–Crippen MR) is 80.4 cm³/mol. The molecule has 0 radical (unpaired) electrons. The molecule has 0 aromatic rings. The van der Waals surface area contributed by atoms with E-state index in [9.17, 15) is 13.0 Å². The van der Waals surface area contributed by atoms with Crippen molar-refractivity contribution in [2.24, 2.45) is 0 Å². The summed E-state index contributed by atoms with van der Waals surface area (Å²) in [5, 5.41) is 0. The molecule has 0 aromatic heterocycles. The van der Waals surface area contributed by atoms with E-state index < -0.39 is 35.1 Å². The van der Waals surface area contributed by atoms with Gasteiger partial charge in [0.1, 0.15) is 0 Å². The van der Waals surface area contributed by atoms with E-state index in [-0.39, 0.29) is 125 Å². The normalized spacial score (nSPS) is 8.36. The maximum atomic E-state index is 10.1. The fourth-order valence-corrected chi connectivity index (χ4v) is 2.07. The molecule has 9 nitrogen and oxygen atoms in total. The van der Waals surface area contributed by atoms with Crippen molar-refractivity contribution in [1.29, 1.82) is 0 Å². The van der Waals surface area contributed by atoms with Crippen LogP contribution in [0.3, 0.4) is 0 Å². The van der Waals surface area contributed by atoms with Gasteiger partial charge in [0.2, 0.25) is 10.4 Å². The molecule has 0 fully saturated rings. The Hall–Kier alpha value is 3.62. The van der Waals surface area contributed by atoms with Crippen LogP contribution in [0.25, 0.3) is 0 Å². The summed E-state index contributed by atoms with van der Waals surface area (Å²) < 4.78 is 59.9. The van der Waals surface area contributed by atoms with Gasteiger partial charge in [-0.1, -0.05) is 64.7 Å². The first-order valence-electron chi connectivity index (χ1n) is 7.75. The molecule has 0 spiro atoms. The van der Waals surface area contributed by atoms with Crippen LogP contribution in [0.15, 0.2) is 0 Å². The summed E-state index contributed by atoms with van der Waals surface area (Å²) in [6.07, 6.45) is 11.7. The summed E-state index contributed by atoms with van der Waals surface area (Å²) in [4.78, 5) is 17.0. The molecule has 0 aliphatic rings. The van der Waals surface area contributed by atoms with Crippen LogP contribution in [0.5, 0.6) is 0 Å². The Morgan fingerprint density at radius 1 is 0.821 bits per heavy atom. The number of hydrogen-bond donors (Lipinski definition) is 0. The standard InChI is InChI=1S/C12H26O4S.Al.4Na.O3Si.2O/c1-2-3-4-5-6-7-8-9-10-11-12-16-17(13,14)15;;;;;;1-4(2)3;;/h2-12H2,1H3,(H,13,14,15);;;;;;;;/q;;4*+1;-2;;-1/p-1. The second-order valence-electron chi connectivity index (χ2n) is 4.76. The molecule has 0 heterocycles. The third kappa shape index (κ3) is 78.1. The van der Waals surface area contributed by atoms with Crippen molar-refractivity contribution in [2.45, 2.75) is 71.1 Å². The van der Waals surface area contributed by atoms with Crippen LogP contribution in [-0.2, 0) is 22.8 Å². The minimum absolute atomic E-state index is 0. The molecule has 0 saturated heterocycles. The molecule has 0 bridgehead atoms. The molecular weight excluding hydrogens is 467 g/mol. The summed E-state index contributed by atoms with van der Waals surface area (Å²) in [5.41, 5.74) is 0. The molecule has 0 unspecified atom stereocenters. The third-order valence-electron chi connectivity index (χ3n) is 2.73. The number of rotatable bonds is 12. The summed E-state index contributed by atoms with van der Waals surface area (Å²) in [6, 6.07) is 0. The Labute approximate surface area is 265 Å². The zero-order chi connectivity index (χ0) is 19.3. The first kappa shape index (κ1) is 48.9. The van der Waals surface area contributed by atoms with Gasteiger partial charge in [-0.2, -0.15) is 0 Å². The van der Waals surface area contributed by atoms with Crippen molar-refractivity contribution >= 4 is 35.1 Å². The summed E-state index contributed by atoms with van der Waals surface area (Å²) in [7, 11) is -8.11. The van der Waals surface area contributed by atoms with Crippen molar-refractivity contribution < 1.29 is 157 Å². The average molecular weight is 492 g/mol. The Morgan fingerprint density at radius 2 is 1.07 bits per heavy atom. The molecule has 0 aliphatic carbocycles. The second kappa shape index (κ2) is 40.9. The Balaban J connectivity index is -0.0000000697. The number of unbranched alkanes of at least 4 members (excludes halogenated alkanes) is 9. The van der Waals surface area contributed by atoms with Crippen molar-refractivity contribution in [2.75, 3.05) is 6.61 Å².